The van der Waals surface area contributed by atoms with Gasteiger partial charge >= 0.3 is 0 Å². The molecule has 7 heteroatoms. The number of hydrogen-bond donors (Lipinski definition) is 2. The first kappa shape index (κ1) is 14.3. The summed E-state index contributed by atoms with van der Waals surface area (Å²) < 4.78 is 1.61. The molecule has 0 radical (unpaired) electrons. The van der Waals surface area contributed by atoms with Gasteiger partial charge in [0, 0.05) is 20.7 Å². The number of rotatable bonds is 2. The van der Waals surface area contributed by atoms with Crippen LogP contribution in [-0.4, -0.2) is 10.9 Å². The average molecular weight is 383 g/mol. The van der Waals surface area contributed by atoms with Crippen molar-refractivity contribution in [2.45, 2.75) is 0 Å². The van der Waals surface area contributed by atoms with Crippen molar-refractivity contribution in [1.82, 2.24) is 4.98 Å². The third-order valence-corrected chi connectivity index (χ3v) is 4.69. The fourth-order valence-electron chi connectivity index (χ4n) is 1.79. The van der Waals surface area contributed by atoms with E-state index >= 15 is 0 Å². The zero-order chi connectivity index (χ0) is 15.0. The van der Waals surface area contributed by atoms with Crippen LogP contribution in [-0.2, 0) is 0 Å². The second-order valence-corrected chi connectivity index (χ2v) is 6.64. The van der Waals surface area contributed by atoms with Gasteiger partial charge in [0.2, 0.25) is 0 Å². The van der Waals surface area contributed by atoms with E-state index in [1.807, 2.05) is 12.1 Å². The van der Waals surface area contributed by atoms with Crippen molar-refractivity contribution < 1.29 is 4.79 Å². The van der Waals surface area contributed by atoms with E-state index in [0.29, 0.717) is 25.9 Å². The molecule has 3 N–H and O–H groups in total. The van der Waals surface area contributed by atoms with Gasteiger partial charge in [-0.3, -0.25) is 10.1 Å². The summed E-state index contributed by atoms with van der Waals surface area (Å²) in [6, 6.07) is 10.4. The van der Waals surface area contributed by atoms with E-state index in [4.69, 9.17) is 17.3 Å². The first-order valence-electron chi connectivity index (χ1n) is 5.95. The molecule has 0 fully saturated rings. The van der Waals surface area contributed by atoms with Gasteiger partial charge in [0.25, 0.3) is 5.91 Å². The Bertz CT molecular complexity index is 849. The first-order valence-corrected chi connectivity index (χ1v) is 7.94. The summed E-state index contributed by atoms with van der Waals surface area (Å²) in [6.45, 7) is 0. The van der Waals surface area contributed by atoms with Crippen LogP contribution in [0, 0.1) is 0 Å². The Kier molecular flexibility index (Phi) is 3.84. The lowest BCUT2D eigenvalue weighted by molar-refractivity contribution is 0.102. The number of carbonyl (C=O) groups excluding carboxylic acids is 1. The summed E-state index contributed by atoms with van der Waals surface area (Å²) in [7, 11) is 0. The lowest BCUT2D eigenvalue weighted by Crippen LogP contribution is -2.11. The van der Waals surface area contributed by atoms with Crippen molar-refractivity contribution in [3.05, 3.63) is 51.5 Å². The molecule has 0 saturated heterocycles. The molecule has 2 aromatic carbocycles. The van der Waals surface area contributed by atoms with E-state index in [1.54, 1.807) is 24.3 Å². The Balaban J connectivity index is 1.87. The third kappa shape index (κ3) is 3.02. The molecule has 0 unspecified atom stereocenters. The fraction of sp³-hybridized carbons (Fsp3) is 0. The van der Waals surface area contributed by atoms with Crippen LogP contribution < -0.4 is 11.1 Å². The molecule has 1 amide bonds. The number of amides is 1. The maximum absolute atomic E-state index is 12.2. The van der Waals surface area contributed by atoms with E-state index < -0.39 is 0 Å². The normalized spacial score (nSPS) is 10.8. The number of hydrogen-bond acceptors (Lipinski definition) is 4. The van der Waals surface area contributed by atoms with Crippen LogP contribution in [0.5, 0.6) is 0 Å². The molecular formula is C14H9BrClN3OS. The van der Waals surface area contributed by atoms with E-state index in [-0.39, 0.29) is 5.91 Å². The van der Waals surface area contributed by atoms with Crippen molar-refractivity contribution in [3.8, 4) is 0 Å². The Morgan fingerprint density at radius 3 is 2.86 bits per heavy atom. The van der Waals surface area contributed by atoms with Gasteiger partial charge in [0.1, 0.15) is 0 Å². The number of nitrogen functional groups attached to an aromatic ring is 1. The summed E-state index contributed by atoms with van der Waals surface area (Å²) in [5, 5.41) is 3.96. The van der Waals surface area contributed by atoms with Crippen molar-refractivity contribution >= 4 is 65.8 Å². The molecule has 3 rings (SSSR count). The molecular weight excluding hydrogens is 374 g/mol. The summed E-state index contributed by atoms with van der Waals surface area (Å²) in [5.41, 5.74) is 7.60. The monoisotopic (exact) mass is 381 g/mol. The topological polar surface area (TPSA) is 68.0 Å². The van der Waals surface area contributed by atoms with E-state index in [0.717, 1.165) is 10.2 Å². The van der Waals surface area contributed by atoms with Crippen LogP contribution in [0.3, 0.4) is 0 Å². The van der Waals surface area contributed by atoms with Crippen LogP contribution in [0.2, 0.25) is 5.02 Å². The number of halogens is 2. The number of nitrogens with two attached hydrogens (primary N) is 1. The zero-order valence-corrected chi connectivity index (χ0v) is 13.7. The summed E-state index contributed by atoms with van der Waals surface area (Å²) in [6.07, 6.45) is 0. The molecule has 0 spiro atoms. The molecule has 1 aromatic heterocycles. The molecule has 0 aliphatic rings. The lowest BCUT2D eigenvalue weighted by atomic mass is 10.2. The molecule has 1 heterocycles. The highest BCUT2D eigenvalue weighted by molar-refractivity contribution is 9.10. The molecule has 21 heavy (non-hydrogen) atoms. The van der Waals surface area contributed by atoms with Crippen LogP contribution in [0.1, 0.15) is 10.4 Å². The van der Waals surface area contributed by atoms with Crippen molar-refractivity contribution in [3.63, 3.8) is 0 Å². The van der Waals surface area contributed by atoms with Crippen LogP contribution in [0.4, 0.5) is 10.8 Å². The third-order valence-electron chi connectivity index (χ3n) is 2.83. The number of nitrogens with zero attached hydrogens (tertiary/aromatic N) is 1. The molecule has 0 bridgehead atoms. The number of nitrogens with one attached hydrogen (secondary N) is 1. The first-order chi connectivity index (χ1) is 10.0. The quantitative estimate of drug-likeness (QED) is 0.639. The van der Waals surface area contributed by atoms with Gasteiger partial charge < -0.3 is 5.73 Å². The Labute approximate surface area is 138 Å². The minimum absolute atomic E-state index is 0.235. The summed E-state index contributed by atoms with van der Waals surface area (Å²) in [5.74, 6) is -0.235. The highest BCUT2D eigenvalue weighted by Gasteiger charge is 2.11. The molecule has 0 aliphatic carbocycles. The van der Waals surface area contributed by atoms with Crippen molar-refractivity contribution in [2.75, 3.05) is 11.1 Å². The molecule has 0 saturated carbocycles. The van der Waals surface area contributed by atoms with Gasteiger partial charge in [-0.2, -0.15) is 0 Å². The minimum atomic E-state index is -0.235. The number of benzene rings is 2. The van der Waals surface area contributed by atoms with Gasteiger partial charge in [0.05, 0.1) is 10.2 Å². The second-order valence-electron chi connectivity index (χ2n) is 4.32. The molecule has 4 nitrogen and oxygen atoms in total. The summed E-state index contributed by atoms with van der Waals surface area (Å²) in [4.78, 5) is 16.5. The van der Waals surface area contributed by atoms with E-state index in [9.17, 15) is 4.79 Å². The lowest BCUT2D eigenvalue weighted by Gasteiger charge is -2.03. The van der Waals surface area contributed by atoms with Gasteiger partial charge in [-0.1, -0.05) is 22.9 Å². The maximum atomic E-state index is 12.2. The minimum Gasteiger partial charge on any atom is -0.398 e. The highest BCUT2D eigenvalue weighted by atomic mass is 79.9. The molecule has 0 aliphatic heterocycles. The summed E-state index contributed by atoms with van der Waals surface area (Å²) >= 11 is 10.6. The average Bonchev–Trinajstić information content (AvgIpc) is 2.83. The highest BCUT2D eigenvalue weighted by Crippen LogP contribution is 2.29. The Hall–Kier alpha value is -1.63. The number of carbonyl (C=O) groups is 1. The smallest absolute Gasteiger partial charge is 0.257 e. The largest absolute Gasteiger partial charge is 0.398 e. The number of thiazole rings is 1. The molecule has 3 aromatic rings. The Morgan fingerprint density at radius 2 is 2.10 bits per heavy atom. The SMILES string of the molecule is Nc1ccc(C(=O)Nc2nc3ccc(Cl)cc3s2)cc1Br. The standard InChI is InChI=1S/C14H9BrClN3OS/c15-9-5-7(1-3-10(9)17)13(20)19-14-18-11-4-2-8(16)6-12(11)21-14/h1-6H,17H2,(H,18,19,20). The van der Waals surface area contributed by atoms with Crippen LogP contribution in [0.15, 0.2) is 40.9 Å². The van der Waals surface area contributed by atoms with Crippen LogP contribution in [0.25, 0.3) is 10.2 Å². The number of anilines is 2. The number of aromatic nitrogens is 1. The zero-order valence-electron chi connectivity index (χ0n) is 10.6. The van der Waals surface area contributed by atoms with Crippen molar-refractivity contribution in [1.29, 1.82) is 0 Å². The number of fused-ring (bicyclic) bond motifs is 1. The van der Waals surface area contributed by atoms with Gasteiger partial charge in [0.15, 0.2) is 5.13 Å². The molecule has 0 atom stereocenters. The second kappa shape index (κ2) is 5.63. The van der Waals surface area contributed by atoms with E-state index in [2.05, 4.69) is 26.2 Å². The predicted octanol–water partition coefficient (Wildman–Crippen LogP) is 4.55. The van der Waals surface area contributed by atoms with Gasteiger partial charge in [-0.15, -0.1) is 0 Å². The maximum Gasteiger partial charge on any atom is 0.257 e. The van der Waals surface area contributed by atoms with E-state index in [1.165, 1.54) is 11.3 Å². The Morgan fingerprint density at radius 1 is 1.29 bits per heavy atom. The van der Waals surface area contributed by atoms with Gasteiger partial charge in [-0.05, 0) is 52.3 Å². The van der Waals surface area contributed by atoms with Crippen LogP contribution >= 0.6 is 38.9 Å². The molecule has 106 valence electrons. The van der Waals surface area contributed by atoms with Crippen molar-refractivity contribution in [2.24, 2.45) is 0 Å². The fourth-order valence-corrected chi connectivity index (χ4v) is 3.31. The predicted molar refractivity (Wildman–Crippen MR) is 91.1 cm³/mol. The van der Waals surface area contributed by atoms with Gasteiger partial charge in [-0.25, -0.2) is 4.98 Å².